The molecular weight excluding hydrogens is 416 g/mol. The first-order chi connectivity index (χ1) is 15.3. The third-order valence-electron chi connectivity index (χ3n) is 6.09. The van der Waals surface area contributed by atoms with E-state index in [0.29, 0.717) is 5.92 Å². The van der Waals surface area contributed by atoms with Crippen LogP contribution in [0.4, 0.5) is 5.69 Å². The fraction of sp³-hybridized carbons (Fsp3) is 0.500. The molecule has 5 nitrogen and oxygen atoms in total. The van der Waals surface area contributed by atoms with Crippen LogP contribution in [0.5, 0.6) is 0 Å². The maximum atomic E-state index is 5.58. The second-order valence-corrected chi connectivity index (χ2v) is 11.0. The Kier molecular flexibility index (Phi) is 7.13. The Morgan fingerprint density at radius 3 is 2.50 bits per heavy atom. The summed E-state index contributed by atoms with van der Waals surface area (Å²) in [5.41, 5.74) is 4.78. The largest absolute Gasteiger partial charge is 0.381 e. The van der Waals surface area contributed by atoms with Crippen molar-refractivity contribution in [1.29, 1.82) is 0 Å². The second-order valence-electron chi connectivity index (χ2n) is 9.79. The van der Waals surface area contributed by atoms with Crippen molar-refractivity contribution in [3.05, 3.63) is 53.9 Å². The van der Waals surface area contributed by atoms with E-state index in [-0.39, 0.29) is 5.41 Å². The molecule has 4 rings (SSSR count). The normalized spacial score (nSPS) is 15.4. The van der Waals surface area contributed by atoms with Crippen LogP contribution in [0.1, 0.15) is 45.0 Å². The van der Waals surface area contributed by atoms with Crippen molar-refractivity contribution in [1.82, 2.24) is 14.9 Å². The Hall–Kier alpha value is -2.02. The maximum absolute atomic E-state index is 5.58. The minimum Gasteiger partial charge on any atom is -0.381 e. The van der Waals surface area contributed by atoms with Crippen molar-refractivity contribution >= 4 is 28.7 Å². The van der Waals surface area contributed by atoms with E-state index in [4.69, 9.17) is 9.72 Å². The molecule has 32 heavy (non-hydrogen) atoms. The molecule has 1 aromatic heterocycles. The number of anilines is 1. The fourth-order valence-electron chi connectivity index (χ4n) is 4.34. The van der Waals surface area contributed by atoms with Gasteiger partial charge in [-0.05, 0) is 73.7 Å². The number of fused-ring (bicyclic) bond motifs is 1. The highest BCUT2D eigenvalue weighted by atomic mass is 32.2. The van der Waals surface area contributed by atoms with Gasteiger partial charge in [-0.2, -0.15) is 0 Å². The number of imidazole rings is 1. The first-order valence-electron chi connectivity index (χ1n) is 11.6. The lowest BCUT2D eigenvalue weighted by Crippen LogP contribution is -2.25. The molecule has 0 radical (unpaired) electrons. The first-order valence-corrected chi connectivity index (χ1v) is 12.4. The molecule has 1 aliphatic heterocycles. The molecule has 2 heterocycles. The van der Waals surface area contributed by atoms with Gasteiger partial charge in [0.1, 0.15) is 5.82 Å². The molecule has 0 aliphatic carbocycles. The predicted molar refractivity (Wildman–Crippen MR) is 135 cm³/mol. The van der Waals surface area contributed by atoms with E-state index in [2.05, 4.69) is 84.5 Å². The Bertz CT molecular complexity index is 1030. The molecule has 0 bridgehead atoms. The number of nitrogens with zero attached hydrogens (tertiary/aromatic N) is 3. The van der Waals surface area contributed by atoms with E-state index in [1.807, 2.05) is 7.05 Å². The van der Waals surface area contributed by atoms with Gasteiger partial charge in [0.25, 0.3) is 0 Å². The third kappa shape index (κ3) is 5.30. The van der Waals surface area contributed by atoms with Gasteiger partial charge in [-0.15, -0.1) is 0 Å². The molecule has 0 amide bonds. The lowest BCUT2D eigenvalue weighted by atomic mass is 9.94. The van der Waals surface area contributed by atoms with Crippen LogP contribution < -0.4 is 9.62 Å². The standard InChI is InChI=1S/C26H36N4OS/c1-26(2,3)25-28-23-16-21(29(5)32-22-9-6-19(7-10-22)17-27-4)8-11-24(23)30(25)18-20-12-14-31-15-13-20/h6-11,16,20,27H,12-15,17-18H2,1-5H3. The van der Waals surface area contributed by atoms with E-state index in [9.17, 15) is 0 Å². The van der Waals surface area contributed by atoms with Crippen LogP contribution in [-0.4, -0.2) is 36.9 Å². The summed E-state index contributed by atoms with van der Waals surface area (Å²) >= 11 is 1.74. The van der Waals surface area contributed by atoms with E-state index in [1.165, 1.54) is 21.8 Å². The SMILES string of the molecule is CNCc1ccc(SN(C)c2ccc3c(c2)nc(C(C)(C)C)n3CC2CCOCC2)cc1. The summed E-state index contributed by atoms with van der Waals surface area (Å²) in [6, 6.07) is 15.4. The molecule has 0 unspecified atom stereocenters. The zero-order chi connectivity index (χ0) is 22.7. The number of nitrogens with one attached hydrogen (secondary N) is 1. The molecule has 1 aliphatic rings. The number of hydrogen-bond donors (Lipinski definition) is 1. The van der Waals surface area contributed by atoms with Gasteiger partial charge in [-0.3, -0.25) is 0 Å². The Labute approximate surface area is 196 Å². The van der Waals surface area contributed by atoms with Gasteiger partial charge in [0.15, 0.2) is 0 Å². The van der Waals surface area contributed by atoms with Crippen LogP contribution in [0.2, 0.25) is 0 Å². The molecule has 2 aromatic carbocycles. The summed E-state index contributed by atoms with van der Waals surface area (Å²) in [4.78, 5) is 6.35. The van der Waals surface area contributed by atoms with Crippen LogP contribution in [-0.2, 0) is 23.2 Å². The van der Waals surface area contributed by atoms with Crippen molar-refractivity contribution in [2.75, 3.05) is 31.6 Å². The number of ether oxygens (including phenoxy) is 1. The minimum absolute atomic E-state index is 0.0000934. The topological polar surface area (TPSA) is 42.3 Å². The van der Waals surface area contributed by atoms with Gasteiger partial charge in [0.05, 0.1) is 11.0 Å². The molecule has 0 saturated carbocycles. The molecule has 1 saturated heterocycles. The Morgan fingerprint density at radius 1 is 1.12 bits per heavy atom. The van der Waals surface area contributed by atoms with E-state index in [1.54, 1.807) is 11.9 Å². The third-order valence-corrected chi connectivity index (χ3v) is 7.06. The van der Waals surface area contributed by atoms with Gasteiger partial charge in [-0.25, -0.2) is 4.98 Å². The summed E-state index contributed by atoms with van der Waals surface area (Å²) < 4.78 is 10.3. The maximum Gasteiger partial charge on any atom is 0.115 e. The van der Waals surface area contributed by atoms with Crippen molar-refractivity contribution < 1.29 is 4.74 Å². The van der Waals surface area contributed by atoms with Crippen LogP contribution >= 0.6 is 11.9 Å². The Morgan fingerprint density at radius 2 is 1.84 bits per heavy atom. The average molecular weight is 453 g/mol. The predicted octanol–water partition coefficient (Wildman–Crippen LogP) is 5.62. The number of hydrogen-bond acceptors (Lipinski definition) is 5. The highest BCUT2D eigenvalue weighted by Crippen LogP contribution is 2.33. The fourth-order valence-corrected chi connectivity index (χ4v) is 5.13. The van der Waals surface area contributed by atoms with Crippen molar-refractivity contribution in [2.45, 2.75) is 57.0 Å². The molecule has 6 heteroatoms. The monoisotopic (exact) mass is 452 g/mol. The van der Waals surface area contributed by atoms with Crippen molar-refractivity contribution in [2.24, 2.45) is 5.92 Å². The van der Waals surface area contributed by atoms with Gasteiger partial charge < -0.3 is 18.9 Å². The lowest BCUT2D eigenvalue weighted by Gasteiger charge is -2.26. The summed E-state index contributed by atoms with van der Waals surface area (Å²) in [7, 11) is 4.10. The van der Waals surface area contributed by atoms with Crippen LogP contribution in [0.25, 0.3) is 11.0 Å². The summed E-state index contributed by atoms with van der Waals surface area (Å²) in [5.74, 6) is 1.83. The quantitative estimate of drug-likeness (QED) is 0.471. The Balaban J connectivity index is 1.58. The summed E-state index contributed by atoms with van der Waals surface area (Å²) in [6.07, 6.45) is 2.27. The number of aromatic nitrogens is 2. The molecule has 0 atom stereocenters. The molecule has 172 valence electrons. The van der Waals surface area contributed by atoms with Gasteiger partial charge >= 0.3 is 0 Å². The highest BCUT2D eigenvalue weighted by Gasteiger charge is 2.25. The zero-order valence-electron chi connectivity index (χ0n) is 20.0. The summed E-state index contributed by atoms with van der Waals surface area (Å²) in [6.45, 7) is 10.5. The number of rotatable bonds is 7. The zero-order valence-corrected chi connectivity index (χ0v) is 20.8. The van der Waals surface area contributed by atoms with Crippen LogP contribution in [0, 0.1) is 5.92 Å². The van der Waals surface area contributed by atoms with Crippen LogP contribution in [0.15, 0.2) is 47.4 Å². The van der Waals surface area contributed by atoms with Gasteiger partial charge in [0.2, 0.25) is 0 Å². The molecule has 1 N–H and O–H groups in total. The molecular formula is C26H36N4OS. The first kappa shape index (κ1) is 23.1. The minimum atomic E-state index is 0.0000934. The highest BCUT2D eigenvalue weighted by molar-refractivity contribution is 8.00. The van der Waals surface area contributed by atoms with E-state index < -0.39 is 0 Å². The van der Waals surface area contributed by atoms with Gasteiger partial charge in [-0.1, -0.05) is 32.9 Å². The molecule has 1 fully saturated rings. The average Bonchev–Trinajstić information content (AvgIpc) is 3.14. The smallest absolute Gasteiger partial charge is 0.115 e. The van der Waals surface area contributed by atoms with Crippen molar-refractivity contribution in [3.8, 4) is 0 Å². The van der Waals surface area contributed by atoms with Gasteiger partial charge in [0, 0.05) is 49.3 Å². The van der Waals surface area contributed by atoms with E-state index >= 15 is 0 Å². The van der Waals surface area contributed by atoms with Crippen LogP contribution in [0.3, 0.4) is 0 Å². The van der Waals surface area contributed by atoms with Crippen molar-refractivity contribution in [3.63, 3.8) is 0 Å². The summed E-state index contributed by atoms with van der Waals surface area (Å²) in [5, 5.41) is 3.20. The number of benzene rings is 2. The second kappa shape index (κ2) is 9.86. The molecule has 0 spiro atoms. The lowest BCUT2D eigenvalue weighted by molar-refractivity contribution is 0.0611. The molecule has 3 aromatic rings. The van der Waals surface area contributed by atoms with E-state index in [0.717, 1.165) is 50.3 Å².